The third-order valence-corrected chi connectivity index (χ3v) is 1.67. The van der Waals surface area contributed by atoms with Crippen molar-refractivity contribution in [2.45, 2.75) is 65.6 Å². The van der Waals surface area contributed by atoms with Crippen LogP contribution in [0.4, 0.5) is 0 Å². The second-order valence-corrected chi connectivity index (χ2v) is 6.41. The van der Waals surface area contributed by atoms with E-state index in [0.717, 1.165) is 0 Å². The molecule has 7 heteroatoms. The van der Waals surface area contributed by atoms with Crippen molar-refractivity contribution in [3.05, 3.63) is 0 Å². The molecule has 0 amide bonds. The van der Waals surface area contributed by atoms with E-state index >= 15 is 0 Å². The lowest BCUT2D eigenvalue weighted by Crippen LogP contribution is -2.23. The fourth-order valence-corrected chi connectivity index (χ4v) is 0.839. The third-order valence-electron chi connectivity index (χ3n) is 1.67. The van der Waals surface area contributed by atoms with E-state index in [1.807, 2.05) is 0 Å². The van der Waals surface area contributed by atoms with E-state index in [0.29, 0.717) is 0 Å². The maximum absolute atomic E-state index is 11.3. The molecule has 0 aromatic rings. The zero-order valence-corrected chi connectivity index (χ0v) is 13.7. The van der Waals surface area contributed by atoms with E-state index in [4.69, 9.17) is 14.5 Å². The molecule has 0 atom stereocenters. The Morgan fingerprint density at radius 2 is 1.05 bits per heavy atom. The molecule has 0 aliphatic rings. The van der Waals surface area contributed by atoms with Crippen LogP contribution in [-0.4, -0.2) is 36.4 Å². The van der Waals surface area contributed by atoms with Gasteiger partial charge in [-0.1, -0.05) is 0 Å². The normalized spacial score (nSPS) is 12.1. The predicted molar refractivity (Wildman–Crippen MR) is 73.9 cm³/mol. The van der Waals surface area contributed by atoms with Crippen molar-refractivity contribution in [2.75, 3.05) is 13.2 Å². The van der Waals surface area contributed by atoms with Crippen LogP contribution in [0.15, 0.2) is 0 Å². The number of hydrogen-bond donors (Lipinski definition) is 0. The average molecular weight is 306 g/mol. The molecule has 0 unspecified atom stereocenters. The van der Waals surface area contributed by atoms with Crippen molar-refractivity contribution in [1.29, 1.82) is 0 Å². The quantitative estimate of drug-likeness (QED) is 0.387. The van der Waals surface area contributed by atoms with E-state index in [2.05, 4.69) is 9.78 Å². The molecule has 0 fully saturated rings. The van der Waals surface area contributed by atoms with Gasteiger partial charge in [-0.2, -0.15) is 9.78 Å². The molecular weight excluding hydrogens is 280 g/mol. The Morgan fingerprint density at radius 1 is 0.714 bits per heavy atom. The maximum atomic E-state index is 11.3. The number of rotatable bonds is 8. The summed E-state index contributed by atoms with van der Waals surface area (Å²) in [6, 6.07) is 0. The average Bonchev–Trinajstić information content (AvgIpc) is 2.32. The van der Waals surface area contributed by atoms with Gasteiger partial charge in [-0.15, -0.1) is 0 Å². The summed E-state index contributed by atoms with van der Waals surface area (Å²) in [5.74, 6) is -1.05. The molecule has 0 saturated heterocycles. The highest BCUT2D eigenvalue weighted by Crippen LogP contribution is 2.08. The summed E-state index contributed by atoms with van der Waals surface area (Å²) in [5, 5.41) is 0. The van der Waals surface area contributed by atoms with E-state index in [9.17, 15) is 9.59 Å². The highest BCUT2D eigenvalue weighted by molar-refractivity contribution is 5.69. The zero-order chi connectivity index (χ0) is 16.5. The van der Waals surface area contributed by atoms with Crippen LogP contribution in [0, 0.1) is 0 Å². The Kier molecular flexibility index (Phi) is 8.46. The molecule has 0 radical (unpaired) electrons. The summed E-state index contributed by atoms with van der Waals surface area (Å²) in [5.41, 5.74) is -1.10. The molecule has 0 rings (SSSR count). The number of carbonyl (C=O) groups is 2. The van der Waals surface area contributed by atoms with E-state index in [1.165, 1.54) is 0 Å². The topological polar surface area (TPSA) is 80.3 Å². The second kappa shape index (κ2) is 8.96. The number of ether oxygens (including phenoxy) is 1. The van der Waals surface area contributed by atoms with Crippen LogP contribution in [0.2, 0.25) is 0 Å². The molecule has 124 valence electrons. The van der Waals surface area contributed by atoms with Crippen LogP contribution < -0.4 is 0 Å². The smallest absolute Gasteiger partial charge is 0.344 e. The summed E-state index contributed by atoms with van der Waals surface area (Å²) in [6.45, 7) is 10.9. The first-order chi connectivity index (χ1) is 9.49. The van der Waals surface area contributed by atoms with Crippen molar-refractivity contribution in [1.82, 2.24) is 0 Å². The van der Waals surface area contributed by atoms with E-state index < -0.39 is 23.1 Å². The first-order valence-corrected chi connectivity index (χ1v) is 6.84. The van der Waals surface area contributed by atoms with E-state index in [-0.39, 0.29) is 26.1 Å². The monoisotopic (exact) mass is 306 g/mol. The summed E-state index contributed by atoms with van der Waals surface area (Å²) >= 11 is 0. The van der Waals surface area contributed by atoms with Gasteiger partial charge in [0.25, 0.3) is 0 Å². The molecule has 0 aromatic heterocycles. The zero-order valence-electron chi connectivity index (χ0n) is 13.7. The Hall–Kier alpha value is -1.18. The van der Waals surface area contributed by atoms with E-state index in [1.54, 1.807) is 41.5 Å². The molecule has 0 spiro atoms. The minimum Gasteiger partial charge on any atom is -0.380 e. The Labute approximate surface area is 125 Å². The Balaban J connectivity index is 3.55. The fourth-order valence-electron chi connectivity index (χ4n) is 0.839. The molecule has 0 N–H and O–H groups in total. The standard InChI is InChI=1S/C14H26O7/c1-13(2,3)20-18-11(15)7-9-17-10-8-12(16)19-21-14(4,5)6/h7-10H2,1-6H3. The lowest BCUT2D eigenvalue weighted by atomic mass is 10.2. The van der Waals surface area contributed by atoms with Crippen LogP contribution in [0.5, 0.6) is 0 Å². The highest BCUT2D eigenvalue weighted by atomic mass is 17.2. The molecule has 7 nitrogen and oxygen atoms in total. The molecule has 0 bridgehead atoms. The first kappa shape index (κ1) is 19.8. The molecule has 0 aliphatic heterocycles. The summed E-state index contributed by atoms with van der Waals surface area (Å²) < 4.78 is 5.13. The van der Waals surface area contributed by atoms with Crippen molar-refractivity contribution in [3.8, 4) is 0 Å². The maximum Gasteiger partial charge on any atom is 0.344 e. The van der Waals surface area contributed by atoms with Gasteiger partial charge >= 0.3 is 11.9 Å². The van der Waals surface area contributed by atoms with Gasteiger partial charge in [0.2, 0.25) is 0 Å². The lowest BCUT2D eigenvalue weighted by molar-refractivity contribution is -0.321. The number of hydrogen-bond acceptors (Lipinski definition) is 7. The molecule has 0 heterocycles. The Bertz CT molecular complexity index is 293. The van der Waals surface area contributed by atoms with Gasteiger partial charge in [-0.3, -0.25) is 9.78 Å². The van der Waals surface area contributed by atoms with Crippen LogP contribution >= 0.6 is 0 Å². The van der Waals surface area contributed by atoms with Gasteiger partial charge < -0.3 is 4.74 Å². The first-order valence-electron chi connectivity index (χ1n) is 6.84. The van der Waals surface area contributed by atoms with Gasteiger partial charge in [0, 0.05) is 0 Å². The molecule has 0 aliphatic carbocycles. The van der Waals surface area contributed by atoms with Crippen molar-refractivity contribution < 1.29 is 33.9 Å². The molecule has 21 heavy (non-hydrogen) atoms. The minimum absolute atomic E-state index is 0.0453. The molecule has 0 saturated carbocycles. The summed E-state index contributed by atoms with van der Waals surface area (Å²) in [6.07, 6.45) is 0.0905. The minimum atomic E-state index is -0.548. The molecular formula is C14H26O7. The van der Waals surface area contributed by atoms with Gasteiger partial charge in [0.15, 0.2) is 0 Å². The van der Waals surface area contributed by atoms with Crippen LogP contribution in [0.25, 0.3) is 0 Å². The third kappa shape index (κ3) is 15.0. The van der Waals surface area contributed by atoms with Crippen molar-refractivity contribution in [2.24, 2.45) is 0 Å². The van der Waals surface area contributed by atoms with Crippen LogP contribution in [-0.2, 0) is 33.9 Å². The van der Waals surface area contributed by atoms with Gasteiger partial charge in [0.05, 0.1) is 26.1 Å². The number of carbonyl (C=O) groups excluding carboxylic acids is 2. The largest absolute Gasteiger partial charge is 0.380 e. The lowest BCUT2D eigenvalue weighted by Gasteiger charge is -2.16. The van der Waals surface area contributed by atoms with Crippen molar-refractivity contribution in [3.63, 3.8) is 0 Å². The van der Waals surface area contributed by atoms with Gasteiger partial charge in [0.1, 0.15) is 11.2 Å². The highest BCUT2D eigenvalue weighted by Gasteiger charge is 2.16. The summed E-state index contributed by atoms with van der Waals surface area (Å²) in [7, 11) is 0. The predicted octanol–water partition coefficient (Wildman–Crippen LogP) is 2.33. The molecule has 0 aromatic carbocycles. The second-order valence-electron chi connectivity index (χ2n) is 6.41. The SMILES string of the molecule is CC(C)(C)OOC(=O)CCOCCC(=O)OOC(C)(C)C. The van der Waals surface area contributed by atoms with Gasteiger partial charge in [-0.05, 0) is 41.5 Å². The van der Waals surface area contributed by atoms with Crippen LogP contribution in [0.1, 0.15) is 54.4 Å². The van der Waals surface area contributed by atoms with Gasteiger partial charge in [-0.25, -0.2) is 9.59 Å². The fraction of sp³-hybridized carbons (Fsp3) is 0.857. The summed E-state index contributed by atoms with van der Waals surface area (Å²) in [4.78, 5) is 41.4. The Morgan fingerprint density at radius 3 is 1.33 bits per heavy atom. The van der Waals surface area contributed by atoms with Crippen molar-refractivity contribution >= 4 is 11.9 Å². The van der Waals surface area contributed by atoms with Crippen LogP contribution in [0.3, 0.4) is 0 Å².